The number of carbonyl (C=O) groups is 1. The monoisotopic (exact) mass is 318 g/mol. The Labute approximate surface area is 136 Å². The second kappa shape index (κ2) is 5.86. The molecule has 0 aromatic carbocycles. The van der Waals surface area contributed by atoms with Gasteiger partial charge in [0.1, 0.15) is 0 Å². The normalized spacial score (nSPS) is 36.0. The SMILES string of the molecule is O=C(NCCC(O)c1ccoc1)NC12CC3CC(CC(C3)C1)C2. The summed E-state index contributed by atoms with van der Waals surface area (Å²) < 4.78 is 4.96. The summed E-state index contributed by atoms with van der Waals surface area (Å²) >= 11 is 0. The van der Waals surface area contributed by atoms with E-state index in [1.54, 1.807) is 18.6 Å². The molecule has 3 N–H and O–H groups in total. The summed E-state index contributed by atoms with van der Waals surface area (Å²) in [5.41, 5.74) is 0.801. The van der Waals surface area contributed by atoms with E-state index in [4.69, 9.17) is 4.42 Å². The van der Waals surface area contributed by atoms with Gasteiger partial charge in [0.15, 0.2) is 0 Å². The average Bonchev–Trinajstić information content (AvgIpc) is 2.99. The number of aliphatic hydroxyl groups excluding tert-OH is 1. The third-order valence-electron chi connectivity index (χ3n) is 6.05. The summed E-state index contributed by atoms with van der Waals surface area (Å²) in [4.78, 5) is 12.3. The second-order valence-electron chi connectivity index (χ2n) is 7.94. The molecule has 5 rings (SSSR count). The quantitative estimate of drug-likeness (QED) is 0.781. The van der Waals surface area contributed by atoms with Crippen LogP contribution in [0.1, 0.15) is 56.6 Å². The van der Waals surface area contributed by atoms with Gasteiger partial charge < -0.3 is 20.2 Å². The van der Waals surface area contributed by atoms with E-state index in [2.05, 4.69) is 10.6 Å². The molecule has 1 aromatic heterocycles. The molecule has 0 spiro atoms. The van der Waals surface area contributed by atoms with Crippen molar-refractivity contribution in [3.05, 3.63) is 24.2 Å². The second-order valence-corrected chi connectivity index (χ2v) is 7.94. The summed E-state index contributed by atoms with van der Waals surface area (Å²) in [6, 6.07) is 1.67. The number of urea groups is 1. The van der Waals surface area contributed by atoms with E-state index in [-0.39, 0.29) is 11.6 Å². The number of furan rings is 1. The van der Waals surface area contributed by atoms with Crippen molar-refractivity contribution in [1.82, 2.24) is 10.6 Å². The Balaban J connectivity index is 1.26. The van der Waals surface area contributed by atoms with Crippen LogP contribution in [0, 0.1) is 17.8 Å². The molecular formula is C18H26N2O3. The fourth-order valence-corrected chi connectivity index (χ4v) is 5.50. The highest BCUT2D eigenvalue weighted by atomic mass is 16.3. The van der Waals surface area contributed by atoms with Gasteiger partial charge in [-0.2, -0.15) is 0 Å². The first-order valence-electron chi connectivity index (χ1n) is 8.88. The molecule has 4 bridgehead atoms. The van der Waals surface area contributed by atoms with Crippen LogP contribution in [0.5, 0.6) is 0 Å². The number of hydrogen-bond donors (Lipinski definition) is 3. The molecule has 2 amide bonds. The molecule has 5 heteroatoms. The minimum Gasteiger partial charge on any atom is -0.472 e. The number of carbonyl (C=O) groups excluding carboxylic acids is 1. The highest BCUT2D eigenvalue weighted by molar-refractivity contribution is 5.74. The molecule has 0 radical (unpaired) electrons. The van der Waals surface area contributed by atoms with Crippen molar-refractivity contribution >= 4 is 6.03 Å². The topological polar surface area (TPSA) is 74.5 Å². The van der Waals surface area contributed by atoms with Crippen molar-refractivity contribution in [2.24, 2.45) is 17.8 Å². The van der Waals surface area contributed by atoms with Gasteiger partial charge in [0.05, 0.1) is 18.6 Å². The molecule has 23 heavy (non-hydrogen) atoms. The van der Waals surface area contributed by atoms with Crippen molar-refractivity contribution in [3.63, 3.8) is 0 Å². The highest BCUT2D eigenvalue weighted by Gasteiger charge is 2.51. The molecule has 0 aliphatic heterocycles. The zero-order valence-electron chi connectivity index (χ0n) is 13.5. The van der Waals surface area contributed by atoms with E-state index in [0.29, 0.717) is 13.0 Å². The third kappa shape index (κ3) is 3.11. The third-order valence-corrected chi connectivity index (χ3v) is 6.05. The summed E-state index contributed by atoms with van der Waals surface area (Å²) in [6.07, 6.45) is 10.6. The number of amides is 2. The fraction of sp³-hybridized carbons (Fsp3) is 0.722. The van der Waals surface area contributed by atoms with Gasteiger partial charge in [-0.3, -0.25) is 0 Å². The van der Waals surface area contributed by atoms with E-state index in [9.17, 15) is 9.90 Å². The van der Waals surface area contributed by atoms with Crippen molar-refractivity contribution in [2.75, 3.05) is 6.54 Å². The Kier molecular flexibility index (Phi) is 3.84. The molecule has 4 aliphatic carbocycles. The van der Waals surface area contributed by atoms with Crippen LogP contribution in [0.25, 0.3) is 0 Å². The van der Waals surface area contributed by atoms with Crippen LogP contribution in [-0.4, -0.2) is 23.2 Å². The largest absolute Gasteiger partial charge is 0.472 e. The zero-order valence-corrected chi connectivity index (χ0v) is 13.5. The summed E-state index contributed by atoms with van der Waals surface area (Å²) in [6.45, 7) is 0.463. The number of aliphatic hydroxyl groups is 1. The first-order chi connectivity index (χ1) is 11.1. The van der Waals surface area contributed by atoms with Crippen molar-refractivity contribution in [1.29, 1.82) is 0 Å². The Morgan fingerprint density at radius 1 is 1.26 bits per heavy atom. The smallest absolute Gasteiger partial charge is 0.315 e. The molecule has 1 aromatic rings. The van der Waals surface area contributed by atoms with Crippen LogP contribution in [0.15, 0.2) is 23.0 Å². The first kappa shape index (κ1) is 15.1. The lowest BCUT2D eigenvalue weighted by Gasteiger charge is -2.56. The van der Waals surface area contributed by atoms with Crippen LogP contribution in [-0.2, 0) is 0 Å². The molecule has 4 fully saturated rings. The van der Waals surface area contributed by atoms with Gasteiger partial charge in [-0.05, 0) is 68.8 Å². The maximum absolute atomic E-state index is 12.3. The van der Waals surface area contributed by atoms with E-state index >= 15 is 0 Å². The van der Waals surface area contributed by atoms with E-state index in [0.717, 1.165) is 42.6 Å². The van der Waals surface area contributed by atoms with E-state index < -0.39 is 6.10 Å². The van der Waals surface area contributed by atoms with Crippen molar-refractivity contribution in [2.45, 2.75) is 56.6 Å². The van der Waals surface area contributed by atoms with Gasteiger partial charge in [0, 0.05) is 17.6 Å². The van der Waals surface area contributed by atoms with Crippen LogP contribution in [0.2, 0.25) is 0 Å². The molecule has 5 nitrogen and oxygen atoms in total. The predicted octanol–water partition coefficient (Wildman–Crippen LogP) is 2.97. The molecule has 126 valence electrons. The van der Waals surface area contributed by atoms with Gasteiger partial charge in [0.2, 0.25) is 0 Å². The van der Waals surface area contributed by atoms with Gasteiger partial charge in [-0.25, -0.2) is 4.79 Å². The van der Waals surface area contributed by atoms with Crippen LogP contribution >= 0.6 is 0 Å². The molecule has 1 heterocycles. The van der Waals surface area contributed by atoms with Crippen LogP contribution in [0.4, 0.5) is 4.79 Å². The van der Waals surface area contributed by atoms with Gasteiger partial charge in [-0.15, -0.1) is 0 Å². The van der Waals surface area contributed by atoms with Gasteiger partial charge in [0.25, 0.3) is 0 Å². The molecular weight excluding hydrogens is 292 g/mol. The van der Waals surface area contributed by atoms with E-state index in [1.807, 2.05) is 0 Å². The van der Waals surface area contributed by atoms with E-state index in [1.165, 1.54) is 19.3 Å². The lowest BCUT2D eigenvalue weighted by Crippen LogP contribution is -2.61. The molecule has 4 saturated carbocycles. The summed E-state index contributed by atoms with van der Waals surface area (Å²) in [5, 5.41) is 16.2. The predicted molar refractivity (Wildman–Crippen MR) is 85.7 cm³/mol. The van der Waals surface area contributed by atoms with Crippen molar-refractivity contribution in [3.8, 4) is 0 Å². The molecule has 4 aliphatic rings. The molecule has 0 saturated heterocycles. The zero-order chi connectivity index (χ0) is 15.9. The summed E-state index contributed by atoms with van der Waals surface area (Å²) in [7, 11) is 0. The van der Waals surface area contributed by atoms with Crippen LogP contribution in [0.3, 0.4) is 0 Å². The maximum atomic E-state index is 12.3. The fourth-order valence-electron chi connectivity index (χ4n) is 5.50. The average molecular weight is 318 g/mol. The van der Waals surface area contributed by atoms with Crippen molar-refractivity contribution < 1.29 is 14.3 Å². The molecule has 1 unspecified atom stereocenters. The Bertz CT molecular complexity index is 519. The van der Waals surface area contributed by atoms with Crippen LogP contribution < -0.4 is 10.6 Å². The Morgan fingerprint density at radius 3 is 2.48 bits per heavy atom. The standard InChI is InChI=1S/C18H26N2O3/c21-16(15-2-4-23-11-15)1-3-19-17(22)20-18-8-12-5-13(9-18)7-14(6-12)10-18/h2,4,11-14,16,21H,1,3,5-10H2,(H2,19,20,22). The minimum atomic E-state index is -0.589. The first-order valence-corrected chi connectivity index (χ1v) is 8.88. The number of hydrogen-bond acceptors (Lipinski definition) is 3. The summed E-state index contributed by atoms with van der Waals surface area (Å²) in [5.74, 6) is 2.47. The lowest BCUT2D eigenvalue weighted by atomic mass is 9.53. The maximum Gasteiger partial charge on any atom is 0.315 e. The Morgan fingerprint density at radius 2 is 1.91 bits per heavy atom. The number of rotatable bonds is 5. The van der Waals surface area contributed by atoms with Gasteiger partial charge >= 0.3 is 6.03 Å². The molecule has 1 atom stereocenters. The minimum absolute atomic E-state index is 0.0437. The number of nitrogens with one attached hydrogen (secondary N) is 2. The highest BCUT2D eigenvalue weighted by Crippen LogP contribution is 2.55. The lowest BCUT2D eigenvalue weighted by molar-refractivity contribution is -0.0135. The van der Waals surface area contributed by atoms with Gasteiger partial charge in [-0.1, -0.05) is 0 Å². The Hall–Kier alpha value is -1.49.